The van der Waals surface area contributed by atoms with Crippen LogP contribution in [-0.2, 0) is 11.3 Å². The van der Waals surface area contributed by atoms with Gasteiger partial charge in [-0.2, -0.15) is 0 Å². The van der Waals surface area contributed by atoms with Gasteiger partial charge in [0.1, 0.15) is 5.82 Å². The first-order valence-electron chi connectivity index (χ1n) is 11.1. The van der Waals surface area contributed by atoms with E-state index in [0.717, 1.165) is 16.6 Å². The predicted molar refractivity (Wildman–Crippen MR) is 131 cm³/mol. The van der Waals surface area contributed by atoms with E-state index >= 15 is 0 Å². The minimum Gasteiger partial charge on any atom is -0.343 e. The van der Waals surface area contributed by atoms with Gasteiger partial charge in [-0.05, 0) is 48.0 Å². The van der Waals surface area contributed by atoms with E-state index in [1.807, 2.05) is 49.6 Å². The Labute approximate surface area is 197 Å². The number of imidazole rings is 1. The zero-order chi connectivity index (χ0) is 24.3. The van der Waals surface area contributed by atoms with Crippen molar-refractivity contribution in [1.29, 1.82) is 0 Å². The largest absolute Gasteiger partial charge is 0.343 e. The smallest absolute Gasteiger partial charge is 0.251 e. The maximum absolute atomic E-state index is 13.6. The topological polar surface area (TPSA) is 76.0 Å². The van der Waals surface area contributed by atoms with Crippen LogP contribution in [0.1, 0.15) is 42.7 Å². The number of carbonyl (C=O) groups is 2. The van der Waals surface area contributed by atoms with Gasteiger partial charge in [0, 0.05) is 23.2 Å². The summed E-state index contributed by atoms with van der Waals surface area (Å²) in [7, 11) is 0. The lowest BCUT2D eigenvalue weighted by Gasteiger charge is -2.21. The lowest BCUT2D eigenvalue weighted by Crippen LogP contribution is -2.31. The van der Waals surface area contributed by atoms with Gasteiger partial charge >= 0.3 is 0 Å². The molecule has 0 aliphatic heterocycles. The second kappa shape index (κ2) is 9.47. The van der Waals surface area contributed by atoms with Crippen LogP contribution in [0.5, 0.6) is 0 Å². The van der Waals surface area contributed by atoms with E-state index in [0.29, 0.717) is 17.8 Å². The van der Waals surface area contributed by atoms with Crippen molar-refractivity contribution in [3.8, 4) is 0 Å². The highest BCUT2D eigenvalue weighted by atomic mass is 19.1. The highest BCUT2D eigenvalue weighted by molar-refractivity contribution is 5.98. The third-order valence-corrected chi connectivity index (χ3v) is 5.55. The molecule has 4 aromatic rings. The number of nitrogens with one attached hydrogen (secondary N) is 2. The summed E-state index contributed by atoms with van der Waals surface area (Å²) in [6, 6.07) is 20.2. The molecular weight excluding hydrogens is 431 g/mol. The Morgan fingerprint density at radius 1 is 1.00 bits per heavy atom. The fraction of sp³-hybridized carbons (Fsp3) is 0.222. The maximum Gasteiger partial charge on any atom is 0.251 e. The van der Waals surface area contributed by atoms with Gasteiger partial charge in [-0.1, -0.05) is 51.1 Å². The molecule has 174 valence electrons. The number of halogens is 1. The molecule has 0 spiro atoms. The van der Waals surface area contributed by atoms with Crippen LogP contribution < -0.4 is 10.6 Å². The Morgan fingerprint density at radius 3 is 2.47 bits per heavy atom. The normalized spacial score (nSPS) is 12.4. The van der Waals surface area contributed by atoms with Crippen LogP contribution in [0.25, 0.3) is 11.0 Å². The SMILES string of the molecule is CC(C)(C)C(=O)Nc1cccc(C(=O)NC(Cn2cnc3ccccc32)c2ccc(F)cc2)c1. The number of hydrogen-bond acceptors (Lipinski definition) is 3. The molecule has 1 aromatic heterocycles. The van der Waals surface area contributed by atoms with E-state index in [4.69, 9.17) is 0 Å². The molecule has 1 atom stereocenters. The van der Waals surface area contributed by atoms with E-state index in [2.05, 4.69) is 15.6 Å². The molecule has 0 fully saturated rings. The Hall–Kier alpha value is -4.00. The number of aromatic nitrogens is 2. The summed E-state index contributed by atoms with van der Waals surface area (Å²) in [6.07, 6.45) is 1.73. The molecule has 4 rings (SSSR count). The summed E-state index contributed by atoms with van der Waals surface area (Å²) in [5.41, 5.74) is 2.97. The molecule has 3 aromatic carbocycles. The first-order valence-corrected chi connectivity index (χ1v) is 11.1. The molecule has 2 N–H and O–H groups in total. The standard InChI is InChI=1S/C27H27FN4O2/c1-27(2,3)26(34)30-21-8-6-7-19(15-21)25(33)31-23(18-11-13-20(28)14-12-18)16-32-17-29-22-9-4-5-10-24(22)32/h4-15,17,23H,16H2,1-3H3,(H,30,34)(H,31,33). The van der Waals surface area contributed by atoms with Crippen molar-refractivity contribution in [3.63, 3.8) is 0 Å². The predicted octanol–water partition coefficient (Wildman–Crippen LogP) is 5.33. The molecule has 34 heavy (non-hydrogen) atoms. The molecule has 7 heteroatoms. The minimum atomic E-state index is -0.556. The van der Waals surface area contributed by atoms with E-state index < -0.39 is 11.5 Å². The Kier molecular flexibility index (Phi) is 6.45. The monoisotopic (exact) mass is 458 g/mol. The molecular formula is C27H27FN4O2. The van der Waals surface area contributed by atoms with E-state index in [9.17, 15) is 14.0 Å². The number of fused-ring (bicyclic) bond motifs is 1. The Balaban J connectivity index is 1.59. The first-order chi connectivity index (χ1) is 16.2. The van der Waals surface area contributed by atoms with Crippen LogP contribution in [0.2, 0.25) is 0 Å². The molecule has 0 aliphatic rings. The zero-order valence-electron chi connectivity index (χ0n) is 19.4. The van der Waals surface area contributed by atoms with Gasteiger partial charge in [0.05, 0.1) is 23.4 Å². The number of benzene rings is 3. The van der Waals surface area contributed by atoms with E-state index in [-0.39, 0.29) is 17.6 Å². The third kappa shape index (κ3) is 5.31. The van der Waals surface area contributed by atoms with Crippen molar-refractivity contribution in [2.45, 2.75) is 33.4 Å². The summed E-state index contributed by atoms with van der Waals surface area (Å²) in [6.45, 7) is 5.89. The number of carbonyl (C=O) groups excluding carboxylic acids is 2. The van der Waals surface area contributed by atoms with Gasteiger partial charge in [-0.25, -0.2) is 9.37 Å². The van der Waals surface area contributed by atoms with Gasteiger partial charge in [-0.3, -0.25) is 9.59 Å². The van der Waals surface area contributed by atoms with E-state index in [1.54, 1.807) is 42.7 Å². The average molecular weight is 459 g/mol. The van der Waals surface area contributed by atoms with Gasteiger partial charge in [0.15, 0.2) is 0 Å². The molecule has 1 unspecified atom stereocenters. The van der Waals surface area contributed by atoms with Crippen molar-refractivity contribution in [1.82, 2.24) is 14.9 Å². The second-order valence-electron chi connectivity index (χ2n) is 9.25. The summed E-state index contributed by atoms with van der Waals surface area (Å²) in [4.78, 5) is 30.0. The van der Waals surface area contributed by atoms with Crippen LogP contribution >= 0.6 is 0 Å². The fourth-order valence-electron chi connectivity index (χ4n) is 3.58. The summed E-state index contributed by atoms with van der Waals surface area (Å²) < 4.78 is 15.5. The number of para-hydroxylation sites is 2. The highest BCUT2D eigenvalue weighted by Crippen LogP contribution is 2.22. The average Bonchev–Trinajstić information content (AvgIpc) is 3.21. The molecule has 0 bridgehead atoms. The molecule has 2 amide bonds. The maximum atomic E-state index is 13.6. The van der Waals surface area contributed by atoms with Crippen LogP contribution in [0, 0.1) is 11.2 Å². The van der Waals surface area contributed by atoms with Crippen molar-refractivity contribution in [2.75, 3.05) is 5.32 Å². The van der Waals surface area contributed by atoms with Crippen molar-refractivity contribution < 1.29 is 14.0 Å². The third-order valence-electron chi connectivity index (χ3n) is 5.55. The molecule has 0 saturated heterocycles. The van der Waals surface area contributed by atoms with Crippen LogP contribution in [0.4, 0.5) is 10.1 Å². The van der Waals surface area contributed by atoms with Crippen molar-refractivity contribution in [2.24, 2.45) is 5.41 Å². The Morgan fingerprint density at radius 2 is 1.74 bits per heavy atom. The lowest BCUT2D eigenvalue weighted by atomic mass is 9.95. The van der Waals surface area contributed by atoms with Gasteiger partial charge in [0.25, 0.3) is 5.91 Å². The summed E-state index contributed by atoms with van der Waals surface area (Å²) >= 11 is 0. The second-order valence-corrected chi connectivity index (χ2v) is 9.25. The Bertz CT molecular complexity index is 1320. The number of amides is 2. The minimum absolute atomic E-state index is 0.138. The van der Waals surface area contributed by atoms with Gasteiger partial charge in [-0.15, -0.1) is 0 Å². The van der Waals surface area contributed by atoms with Gasteiger partial charge in [0.2, 0.25) is 5.91 Å². The van der Waals surface area contributed by atoms with Gasteiger partial charge < -0.3 is 15.2 Å². The highest BCUT2D eigenvalue weighted by Gasteiger charge is 2.22. The van der Waals surface area contributed by atoms with Crippen LogP contribution in [0.3, 0.4) is 0 Å². The fourth-order valence-corrected chi connectivity index (χ4v) is 3.58. The molecule has 0 aliphatic carbocycles. The zero-order valence-corrected chi connectivity index (χ0v) is 19.4. The number of nitrogens with zero attached hydrogens (tertiary/aromatic N) is 2. The first kappa shape index (κ1) is 23.2. The molecule has 6 nitrogen and oxygen atoms in total. The number of hydrogen-bond donors (Lipinski definition) is 2. The van der Waals surface area contributed by atoms with Crippen molar-refractivity contribution >= 4 is 28.5 Å². The molecule has 0 radical (unpaired) electrons. The van der Waals surface area contributed by atoms with Crippen molar-refractivity contribution in [3.05, 3.63) is 96.1 Å². The quantitative estimate of drug-likeness (QED) is 0.410. The van der Waals surface area contributed by atoms with Crippen LogP contribution in [-0.4, -0.2) is 21.4 Å². The van der Waals surface area contributed by atoms with E-state index in [1.165, 1.54) is 12.1 Å². The van der Waals surface area contributed by atoms with Crippen LogP contribution in [0.15, 0.2) is 79.1 Å². The summed E-state index contributed by atoms with van der Waals surface area (Å²) in [5.74, 6) is -0.781. The lowest BCUT2D eigenvalue weighted by molar-refractivity contribution is -0.123. The summed E-state index contributed by atoms with van der Waals surface area (Å²) in [5, 5.41) is 5.91. The number of rotatable bonds is 6. The molecule has 0 saturated carbocycles. The number of anilines is 1. The molecule has 1 heterocycles.